The highest BCUT2D eigenvalue weighted by Crippen LogP contribution is 2.20. The Morgan fingerprint density at radius 3 is 2.74 bits per heavy atom. The van der Waals surface area contributed by atoms with E-state index in [0.29, 0.717) is 34.1 Å². The second kappa shape index (κ2) is 7.64. The Hall–Kier alpha value is -3.11. The number of furan rings is 1. The molecule has 7 heteroatoms. The van der Waals surface area contributed by atoms with Gasteiger partial charge in [-0.3, -0.25) is 4.79 Å². The number of terminal acetylenes is 1. The van der Waals surface area contributed by atoms with Crippen LogP contribution in [0.25, 0.3) is 10.2 Å². The highest BCUT2D eigenvalue weighted by molar-refractivity contribution is 7.16. The molecule has 0 unspecified atom stereocenters. The maximum Gasteiger partial charge on any atom is 0.338 e. The number of aromatic nitrogens is 1. The van der Waals surface area contributed by atoms with Gasteiger partial charge in [0.2, 0.25) is 0 Å². The van der Waals surface area contributed by atoms with Gasteiger partial charge in [0.1, 0.15) is 11.5 Å². The van der Waals surface area contributed by atoms with Crippen LogP contribution in [0.15, 0.2) is 33.7 Å². The molecule has 0 spiro atoms. The van der Waals surface area contributed by atoms with E-state index >= 15 is 0 Å². The van der Waals surface area contributed by atoms with Crippen molar-refractivity contribution in [2.45, 2.75) is 27.3 Å². The van der Waals surface area contributed by atoms with Crippen LogP contribution in [0.2, 0.25) is 0 Å². The van der Waals surface area contributed by atoms with E-state index in [4.69, 9.17) is 15.6 Å². The van der Waals surface area contributed by atoms with Gasteiger partial charge in [0, 0.05) is 0 Å². The maximum absolute atomic E-state index is 12.6. The lowest BCUT2D eigenvalue weighted by Gasteiger charge is -2.03. The van der Waals surface area contributed by atoms with E-state index in [1.807, 2.05) is 0 Å². The molecule has 1 amide bonds. The lowest BCUT2D eigenvalue weighted by atomic mass is 10.2. The van der Waals surface area contributed by atoms with Gasteiger partial charge in [-0.2, -0.15) is 4.99 Å². The zero-order valence-electron chi connectivity index (χ0n) is 15.2. The fraction of sp³-hybridized carbons (Fsp3) is 0.250. The van der Waals surface area contributed by atoms with Gasteiger partial charge in [-0.25, -0.2) is 4.79 Å². The van der Waals surface area contributed by atoms with Crippen molar-refractivity contribution in [3.8, 4) is 12.3 Å². The summed E-state index contributed by atoms with van der Waals surface area (Å²) in [5.41, 5.74) is 1.67. The number of hydrogen-bond acceptors (Lipinski definition) is 5. The summed E-state index contributed by atoms with van der Waals surface area (Å²) in [6, 6.07) is 6.85. The average Bonchev–Trinajstić information content (AvgIpc) is 3.14. The largest absolute Gasteiger partial charge is 0.466 e. The van der Waals surface area contributed by atoms with Crippen LogP contribution in [0.4, 0.5) is 0 Å². The van der Waals surface area contributed by atoms with Gasteiger partial charge >= 0.3 is 5.97 Å². The highest BCUT2D eigenvalue weighted by Gasteiger charge is 2.15. The highest BCUT2D eigenvalue weighted by atomic mass is 32.1. The molecule has 1 aromatic carbocycles. The first-order valence-corrected chi connectivity index (χ1v) is 9.16. The molecule has 0 saturated carbocycles. The normalized spacial score (nSPS) is 11.6. The zero-order valence-corrected chi connectivity index (χ0v) is 16.1. The molecule has 0 fully saturated rings. The molecule has 3 rings (SSSR count). The Bertz CT molecular complexity index is 1140. The van der Waals surface area contributed by atoms with Gasteiger partial charge < -0.3 is 13.7 Å². The van der Waals surface area contributed by atoms with Crippen molar-refractivity contribution in [2.24, 2.45) is 4.99 Å². The van der Waals surface area contributed by atoms with Crippen LogP contribution in [0.5, 0.6) is 0 Å². The zero-order chi connectivity index (χ0) is 19.6. The topological polar surface area (TPSA) is 73.8 Å². The summed E-state index contributed by atoms with van der Waals surface area (Å²) < 4.78 is 13.0. The van der Waals surface area contributed by atoms with Gasteiger partial charge in [0.25, 0.3) is 5.91 Å². The third-order valence-corrected chi connectivity index (χ3v) is 4.95. The first-order chi connectivity index (χ1) is 12.9. The van der Waals surface area contributed by atoms with Crippen molar-refractivity contribution < 1.29 is 18.7 Å². The van der Waals surface area contributed by atoms with Crippen LogP contribution in [0.1, 0.15) is 39.2 Å². The summed E-state index contributed by atoms with van der Waals surface area (Å²) in [5, 5.41) is 0. The molecular weight excluding hydrogens is 364 g/mol. The number of carbonyl (C=O) groups is 2. The molecular formula is C20H18N2O4S. The minimum Gasteiger partial charge on any atom is -0.466 e. The Morgan fingerprint density at radius 2 is 2.11 bits per heavy atom. The van der Waals surface area contributed by atoms with E-state index in [0.717, 1.165) is 10.2 Å². The van der Waals surface area contributed by atoms with E-state index in [9.17, 15) is 9.59 Å². The van der Waals surface area contributed by atoms with Crippen LogP contribution in [-0.2, 0) is 11.3 Å². The smallest absolute Gasteiger partial charge is 0.338 e. The van der Waals surface area contributed by atoms with E-state index in [2.05, 4.69) is 10.9 Å². The molecule has 0 aliphatic carbocycles. The number of thiazole rings is 1. The number of amides is 1. The van der Waals surface area contributed by atoms with Crippen molar-refractivity contribution in [3.05, 3.63) is 51.7 Å². The molecule has 0 atom stereocenters. The summed E-state index contributed by atoms with van der Waals surface area (Å²) in [4.78, 5) is 29.3. The monoisotopic (exact) mass is 382 g/mol. The van der Waals surface area contributed by atoms with Crippen molar-refractivity contribution in [1.82, 2.24) is 4.57 Å². The Kier molecular flexibility index (Phi) is 5.28. The molecule has 2 aromatic heterocycles. The Labute approximate surface area is 160 Å². The second-order valence-corrected chi connectivity index (χ2v) is 6.83. The first-order valence-electron chi connectivity index (χ1n) is 8.34. The average molecular weight is 382 g/mol. The van der Waals surface area contributed by atoms with Crippen LogP contribution in [0, 0.1) is 26.2 Å². The van der Waals surface area contributed by atoms with Crippen molar-refractivity contribution >= 4 is 33.4 Å². The number of benzene rings is 1. The Balaban J connectivity index is 2.12. The maximum atomic E-state index is 12.6. The summed E-state index contributed by atoms with van der Waals surface area (Å²) in [6.45, 7) is 5.82. The van der Waals surface area contributed by atoms with E-state index in [1.165, 1.54) is 11.3 Å². The van der Waals surface area contributed by atoms with Gasteiger partial charge in [-0.15, -0.1) is 6.42 Å². The van der Waals surface area contributed by atoms with E-state index in [1.54, 1.807) is 49.6 Å². The molecule has 0 saturated heterocycles. The molecule has 0 aliphatic heterocycles. The lowest BCUT2D eigenvalue weighted by molar-refractivity contribution is 0.0526. The molecule has 6 nitrogen and oxygen atoms in total. The van der Waals surface area contributed by atoms with Crippen LogP contribution in [-0.4, -0.2) is 23.1 Å². The van der Waals surface area contributed by atoms with Crippen LogP contribution < -0.4 is 4.80 Å². The van der Waals surface area contributed by atoms with Gasteiger partial charge in [0.15, 0.2) is 4.80 Å². The SMILES string of the molecule is C#CCn1c(=NC(=O)c2cc(C)oc2C)sc2cc(C(=O)OCC)ccc21. The summed E-state index contributed by atoms with van der Waals surface area (Å²) in [5.74, 6) is 2.96. The molecule has 138 valence electrons. The molecule has 0 radical (unpaired) electrons. The number of ether oxygens (including phenoxy) is 1. The minimum absolute atomic E-state index is 0.258. The molecule has 2 heterocycles. The fourth-order valence-electron chi connectivity index (χ4n) is 2.73. The number of nitrogens with zero attached hydrogens (tertiary/aromatic N) is 2. The fourth-order valence-corrected chi connectivity index (χ4v) is 3.80. The van der Waals surface area contributed by atoms with Gasteiger partial charge in [-0.05, 0) is 45.0 Å². The van der Waals surface area contributed by atoms with Gasteiger partial charge in [0.05, 0.1) is 34.5 Å². The number of fused-ring (bicyclic) bond motifs is 1. The Morgan fingerprint density at radius 1 is 1.33 bits per heavy atom. The first kappa shape index (κ1) is 18.7. The van der Waals surface area contributed by atoms with Gasteiger partial charge in [-0.1, -0.05) is 17.3 Å². The standard InChI is InChI=1S/C20H18N2O4S/c1-5-9-22-16-8-7-14(19(24)25-6-2)11-17(16)27-20(22)21-18(23)15-10-12(3)26-13(15)4/h1,7-8,10-11H,6,9H2,2-4H3. The quantitative estimate of drug-likeness (QED) is 0.512. The molecule has 27 heavy (non-hydrogen) atoms. The number of hydrogen-bond donors (Lipinski definition) is 0. The molecule has 0 N–H and O–H groups in total. The van der Waals surface area contributed by atoms with Crippen LogP contribution in [0.3, 0.4) is 0 Å². The third-order valence-electron chi connectivity index (χ3n) is 3.91. The number of aryl methyl sites for hydroxylation is 2. The van der Waals surface area contributed by atoms with Crippen LogP contribution >= 0.6 is 11.3 Å². The lowest BCUT2D eigenvalue weighted by Crippen LogP contribution is -2.16. The van der Waals surface area contributed by atoms with Crippen molar-refractivity contribution in [2.75, 3.05) is 6.61 Å². The number of esters is 1. The molecule has 0 aliphatic rings. The minimum atomic E-state index is -0.396. The second-order valence-electron chi connectivity index (χ2n) is 5.82. The molecule has 3 aromatic rings. The number of rotatable bonds is 4. The summed E-state index contributed by atoms with van der Waals surface area (Å²) >= 11 is 1.29. The predicted octanol–water partition coefficient (Wildman–Crippen LogP) is 3.46. The van der Waals surface area contributed by atoms with E-state index < -0.39 is 11.9 Å². The van der Waals surface area contributed by atoms with Crippen molar-refractivity contribution in [1.29, 1.82) is 0 Å². The van der Waals surface area contributed by atoms with Crippen molar-refractivity contribution in [3.63, 3.8) is 0 Å². The predicted molar refractivity (Wildman–Crippen MR) is 103 cm³/mol. The third kappa shape index (κ3) is 3.71. The summed E-state index contributed by atoms with van der Waals surface area (Å²) in [6.07, 6.45) is 5.48. The van der Waals surface area contributed by atoms with E-state index in [-0.39, 0.29) is 6.54 Å². The molecule has 0 bridgehead atoms. The number of carbonyl (C=O) groups excluding carboxylic acids is 2. The summed E-state index contributed by atoms with van der Waals surface area (Å²) in [7, 11) is 0.